The molecule has 24 heavy (non-hydrogen) atoms. The molecule has 0 aliphatic rings. The summed E-state index contributed by atoms with van der Waals surface area (Å²) in [5.74, 6) is -0.135. The number of nitro groups is 1. The molecule has 3 rings (SSSR count). The summed E-state index contributed by atoms with van der Waals surface area (Å²) in [5.41, 5.74) is 1.16. The average Bonchev–Trinajstić information content (AvgIpc) is 3.21. The van der Waals surface area contributed by atoms with Gasteiger partial charge in [0.2, 0.25) is 0 Å². The zero-order valence-electron chi connectivity index (χ0n) is 12.7. The van der Waals surface area contributed by atoms with E-state index in [0.29, 0.717) is 11.1 Å². The Labute approximate surface area is 141 Å². The van der Waals surface area contributed by atoms with Crippen molar-refractivity contribution < 1.29 is 9.72 Å². The van der Waals surface area contributed by atoms with Gasteiger partial charge in [0.1, 0.15) is 0 Å². The number of carbonyl (C=O) groups is 1. The molecule has 0 saturated heterocycles. The number of rotatable bonds is 5. The van der Waals surface area contributed by atoms with Crippen LogP contribution in [0, 0.1) is 10.1 Å². The summed E-state index contributed by atoms with van der Waals surface area (Å²) in [6.45, 7) is 0. The summed E-state index contributed by atoms with van der Waals surface area (Å²) in [4.78, 5) is 24.4. The number of aryl methyl sites for hydroxylation is 1. The largest absolute Gasteiger partial charge is 0.289 e. The van der Waals surface area contributed by atoms with Crippen molar-refractivity contribution in [2.45, 2.75) is 0 Å². The van der Waals surface area contributed by atoms with Crippen LogP contribution in [0.1, 0.15) is 15.2 Å². The van der Waals surface area contributed by atoms with Gasteiger partial charge in [-0.25, -0.2) is 0 Å². The maximum Gasteiger partial charge on any atom is 0.278 e. The van der Waals surface area contributed by atoms with E-state index in [2.05, 4.69) is 5.10 Å². The van der Waals surface area contributed by atoms with Crippen molar-refractivity contribution in [3.63, 3.8) is 0 Å². The molecule has 6 nitrogen and oxygen atoms in total. The van der Waals surface area contributed by atoms with Crippen molar-refractivity contribution in [2.75, 3.05) is 0 Å². The molecule has 0 spiro atoms. The number of nitro benzene ring substituents is 1. The lowest BCUT2D eigenvalue weighted by Crippen LogP contribution is -1.91. The number of para-hydroxylation sites is 1. The summed E-state index contributed by atoms with van der Waals surface area (Å²) < 4.78 is 1.57. The highest BCUT2D eigenvalue weighted by Crippen LogP contribution is 2.34. The second-order valence-electron chi connectivity index (χ2n) is 5.08. The summed E-state index contributed by atoms with van der Waals surface area (Å²) in [5, 5.41) is 15.1. The number of hydrogen-bond acceptors (Lipinski definition) is 5. The Morgan fingerprint density at radius 3 is 2.79 bits per heavy atom. The first-order chi connectivity index (χ1) is 11.5. The lowest BCUT2D eigenvalue weighted by molar-refractivity contribution is -0.384. The molecule has 120 valence electrons. The predicted molar refractivity (Wildman–Crippen MR) is 93.0 cm³/mol. The Hall–Kier alpha value is -3.06. The standard InChI is InChI=1S/C17H13N3O3S/c1-19-11-12(10-18-19)16(21)8-6-13-7-9-17(24-13)14-4-2-3-5-15(14)20(22)23/h2-11H,1H3. The number of hydrogen-bond donors (Lipinski definition) is 0. The lowest BCUT2D eigenvalue weighted by atomic mass is 10.1. The maximum absolute atomic E-state index is 12.0. The minimum atomic E-state index is -0.392. The first kappa shape index (κ1) is 15.8. The Morgan fingerprint density at radius 2 is 2.08 bits per heavy atom. The van der Waals surface area contributed by atoms with Crippen molar-refractivity contribution in [3.8, 4) is 10.4 Å². The number of benzene rings is 1. The monoisotopic (exact) mass is 339 g/mol. The number of aromatic nitrogens is 2. The number of nitrogens with zero attached hydrogens (tertiary/aromatic N) is 3. The van der Waals surface area contributed by atoms with E-state index < -0.39 is 4.92 Å². The van der Waals surface area contributed by atoms with Crippen LogP contribution in [0.25, 0.3) is 16.5 Å². The van der Waals surface area contributed by atoms with Crippen molar-refractivity contribution in [3.05, 3.63) is 75.4 Å². The molecule has 0 N–H and O–H groups in total. The van der Waals surface area contributed by atoms with E-state index >= 15 is 0 Å². The van der Waals surface area contributed by atoms with Gasteiger partial charge < -0.3 is 0 Å². The lowest BCUT2D eigenvalue weighted by Gasteiger charge is -1.98. The number of thiophene rings is 1. The van der Waals surface area contributed by atoms with Crippen molar-refractivity contribution in [1.82, 2.24) is 9.78 Å². The highest BCUT2D eigenvalue weighted by molar-refractivity contribution is 7.16. The molecule has 0 aliphatic heterocycles. The average molecular weight is 339 g/mol. The zero-order chi connectivity index (χ0) is 17.1. The van der Waals surface area contributed by atoms with Gasteiger partial charge in [0.15, 0.2) is 5.78 Å². The van der Waals surface area contributed by atoms with Crippen LogP contribution < -0.4 is 0 Å². The molecule has 7 heteroatoms. The SMILES string of the molecule is Cn1cc(C(=O)C=Cc2ccc(-c3ccccc3[N+](=O)[O-])s2)cn1. The molecule has 2 heterocycles. The van der Waals surface area contributed by atoms with Crippen LogP contribution in [-0.4, -0.2) is 20.5 Å². The Balaban J connectivity index is 1.83. The van der Waals surface area contributed by atoms with Gasteiger partial charge in [0.05, 0.1) is 22.2 Å². The molecule has 0 fully saturated rings. The highest BCUT2D eigenvalue weighted by atomic mass is 32.1. The zero-order valence-corrected chi connectivity index (χ0v) is 13.6. The maximum atomic E-state index is 12.0. The molecule has 0 radical (unpaired) electrons. The van der Waals surface area contributed by atoms with Crippen molar-refractivity contribution in [1.29, 1.82) is 0 Å². The first-order valence-corrected chi connectivity index (χ1v) is 7.91. The summed E-state index contributed by atoms with van der Waals surface area (Å²) in [6, 6.07) is 10.3. The molecule has 0 bridgehead atoms. The topological polar surface area (TPSA) is 78.0 Å². The molecule has 0 saturated carbocycles. The van der Waals surface area contributed by atoms with E-state index in [4.69, 9.17) is 0 Å². The third-order valence-corrected chi connectivity index (χ3v) is 4.47. The summed E-state index contributed by atoms with van der Waals surface area (Å²) >= 11 is 1.40. The molecule has 3 aromatic rings. The van der Waals surface area contributed by atoms with E-state index in [9.17, 15) is 14.9 Å². The van der Waals surface area contributed by atoms with E-state index in [0.717, 1.165) is 9.75 Å². The first-order valence-electron chi connectivity index (χ1n) is 7.09. The number of allylic oxidation sites excluding steroid dienone is 1. The van der Waals surface area contributed by atoms with Gasteiger partial charge in [0.25, 0.3) is 5.69 Å². The van der Waals surface area contributed by atoms with Crippen LogP contribution in [-0.2, 0) is 7.05 Å². The van der Waals surface area contributed by atoms with E-state index in [1.165, 1.54) is 29.7 Å². The molecule has 2 aromatic heterocycles. The van der Waals surface area contributed by atoms with Gasteiger partial charge in [-0.05, 0) is 30.4 Å². The fourth-order valence-electron chi connectivity index (χ4n) is 2.23. The molecule has 1 aromatic carbocycles. The van der Waals surface area contributed by atoms with Crippen LogP contribution in [0.3, 0.4) is 0 Å². The smallest absolute Gasteiger partial charge is 0.278 e. The fraction of sp³-hybridized carbons (Fsp3) is 0.0588. The van der Waals surface area contributed by atoms with Crippen molar-refractivity contribution in [2.24, 2.45) is 7.05 Å². The molecule has 0 unspecified atom stereocenters. The molecular formula is C17H13N3O3S. The highest BCUT2D eigenvalue weighted by Gasteiger charge is 2.15. The Morgan fingerprint density at radius 1 is 1.29 bits per heavy atom. The van der Waals surface area contributed by atoms with Gasteiger partial charge in [-0.15, -0.1) is 11.3 Å². The van der Waals surface area contributed by atoms with Crippen LogP contribution in [0.2, 0.25) is 0 Å². The van der Waals surface area contributed by atoms with Gasteiger partial charge >= 0.3 is 0 Å². The second-order valence-corrected chi connectivity index (χ2v) is 6.19. The van der Waals surface area contributed by atoms with E-state index in [1.807, 2.05) is 12.1 Å². The number of ketones is 1. The molecule has 0 aliphatic carbocycles. The normalized spacial score (nSPS) is 11.0. The van der Waals surface area contributed by atoms with E-state index in [1.54, 1.807) is 42.2 Å². The Kier molecular flexibility index (Phi) is 4.35. The Bertz CT molecular complexity index is 940. The van der Waals surface area contributed by atoms with Crippen LogP contribution in [0.4, 0.5) is 5.69 Å². The minimum absolute atomic E-state index is 0.0707. The fourth-order valence-corrected chi connectivity index (χ4v) is 3.18. The third-order valence-electron chi connectivity index (χ3n) is 3.38. The van der Waals surface area contributed by atoms with Gasteiger partial charge in [-0.1, -0.05) is 12.1 Å². The second kappa shape index (κ2) is 6.59. The summed E-state index contributed by atoms with van der Waals surface area (Å²) in [6.07, 6.45) is 6.35. The summed E-state index contributed by atoms with van der Waals surface area (Å²) in [7, 11) is 1.75. The van der Waals surface area contributed by atoms with Gasteiger partial charge in [-0.3, -0.25) is 19.6 Å². The number of carbonyl (C=O) groups excluding carboxylic acids is 1. The quantitative estimate of drug-likeness (QED) is 0.305. The van der Waals surface area contributed by atoms with Crippen molar-refractivity contribution >= 4 is 28.9 Å². The van der Waals surface area contributed by atoms with Crippen LogP contribution >= 0.6 is 11.3 Å². The van der Waals surface area contributed by atoms with Crippen LogP contribution in [0.5, 0.6) is 0 Å². The van der Waals surface area contributed by atoms with E-state index in [-0.39, 0.29) is 11.5 Å². The molecular weight excluding hydrogens is 326 g/mol. The predicted octanol–water partition coefficient (Wildman–Crippen LogP) is 3.95. The minimum Gasteiger partial charge on any atom is -0.289 e. The third kappa shape index (κ3) is 3.31. The van der Waals surface area contributed by atoms with Gasteiger partial charge in [-0.2, -0.15) is 5.10 Å². The molecule has 0 amide bonds. The van der Waals surface area contributed by atoms with Crippen LogP contribution in [0.15, 0.2) is 54.9 Å². The molecule has 0 atom stereocenters. The van der Waals surface area contributed by atoms with Gasteiger partial charge in [0, 0.05) is 29.1 Å².